The lowest BCUT2D eigenvalue weighted by atomic mass is 9.94. The minimum absolute atomic E-state index is 0.136. The standard InChI is InChI=1S/C17H23N5O2/c1-3-15-20-16(24-21-15)6-7-17(23)22-8-4-5-13(11-22)14-10-18-9-12(2)19-14/h9-10,13H,3-8,11H2,1-2H3/t13-/m0/s1. The number of hydrogen-bond acceptors (Lipinski definition) is 6. The molecule has 2 aromatic heterocycles. The van der Waals surface area contributed by atoms with Crippen LogP contribution < -0.4 is 0 Å². The molecule has 1 atom stereocenters. The minimum Gasteiger partial charge on any atom is -0.342 e. The molecule has 0 aliphatic carbocycles. The van der Waals surface area contributed by atoms with Crippen LogP contribution >= 0.6 is 0 Å². The van der Waals surface area contributed by atoms with Crippen LogP contribution in [0.2, 0.25) is 0 Å². The van der Waals surface area contributed by atoms with Gasteiger partial charge < -0.3 is 9.42 Å². The van der Waals surface area contributed by atoms with Gasteiger partial charge in [-0.25, -0.2) is 0 Å². The summed E-state index contributed by atoms with van der Waals surface area (Å²) in [7, 11) is 0. The Labute approximate surface area is 141 Å². The van der Waals surface area contributed by atoms with Gasteiger partial charge in [-0.05, 0) is 19.8 Å². The summed E-state index contributed by atoms with van der Waals surface area (Å²) < 4.78 is 5.15. The Kier molecular flexibility index (Phi) is 5.17. The van der Waals surface area contributed by atoms with Crippen molar-refractivity contribution in [1.82, 2.24) is 25.0 Å². The summed E-state index contributed by atoms with van der Waals surface area (Å²) in [5.41, 5.74) is 1.90. The molecule has 2 aromatic rings. The third-order valence-corrected chi connectivity index (χ3v) is 4.35. The monoisotopic (exact) mass is 329 g/mol. The fourth-order valence-corrected chi connectivity index (χ4v) is 3.03. The van der Waals surface area contributed by atoms with E-state index < -0.39 is 0 Å². The lowest BCUT2D eigenvalue weighted by molar-refractivity contribution is -0.132. The van der Waals surface area contributed by atoms with E-state index in [1.54, 1.807) is 6.20 Å². The highest BCUT2D eigenvalue weighted by atomic mass is 16.5. The van der Waals surface area contributed by atoms with Crippen LogP contribution in [0.3, 0.4) is 0 Å². The minimum atomic E-state index is 0.136. The topological polar surface area (TPSA) is 85.0 Å². The number of rotatable bonds is 5. The van der Waals surface area contributed by atoms with Crippen molar-refractivity contribution in [2.75, 3.05) is 13.1 Å². The second-order valence-corrected chi connectivity index (χ2v) is 6.22. The van der Waals surface area contributed by atoms with E-state index >= 15 is 0 Å². The molecule has 1 fully saturated rings. The van der Waals surface area contributed by atoms with Gasteiger partial charge in [0, 0.05) is 50.7 Å². The van der Waals surface area contributed by atoms with Crippen LogP contribution in [0.5, 0.6) is 0 Å². The number of aromatic nitrogens is 4. The van der Waals surface area contributed by atoms with Crippen molar-refractivity contribution in [3.05, 3.63) is 35.5 Å². The zero-order valence-electron chi connectivity index (χ0n) is 14.2. The number of aryl methyl sites for hydroxylation is 3. The van der Waals surface area contributed by atoms with Crippen molar-refractivity contribution in [1.29, 1.82) is 0 Å². The van der Waals surface area contributed by atoms with E-state index in [2.05, 4.69) is 20.1 Å². The van der Waals surface area contributed by atoms with Gasteiger partial charge in [-0.2, -0.15) is 4.98 Å². The largest absolute Gasteiger partial charge is 0.342 e. The van der Waals surface area contributed by atoms with Crippen molar-refractivity contribution >= 4 is 5.91 Å². The molecule has 0 saturated carbocycles. The average Bonchev–Trinajstić information content (AvgIpc) is 3.08. The predicted octanol–water partition coefficient (Wildman–Crippen LogP) is 2.07. The summed E-state index contributed by atoms with van der Waals surface area (Å²) in [6.07, 6.45) is 7.25. The summed E-state index contributed by atoms with van der Waals surface area (Å²) in [4.78, 5) is 27.5. The smallest absolute Gasteiger partial charge is 0.227 e. The van der Waals surface area contributed by atoms with Gasteiger partial charge in [0.15, 0.2) is 5.82 Å². The third kappa shape index (κ3) is 3.96. The molecule has 1 aliphatic rings. The van der Waals surface area contributed by atoms with Gasteiger partial charge in [0.05, 0.1) is 11.4 Å². The third-order valence-electron chi connectivity index (χ3n) is 4.35. The van der Waals surface area contributed by atoms with Crippen LogP contribution in [0, 0.1) is 6.92 Å². The summed E-state index contributed by atoms with van der Waals surface area (Å²) in [6, 6.07) is 0. The van der Waals surface area contributed by atoms with Gasteiger partial charge >= 0.3 is 0 Å². The van der Waals surface area contributed by atoms with Gasteiger partial charge in [-0.15, -0.1) is 0 Å². The van der Waals surface area contributed by atoms with Crippen molar-refractivity contribution in [2.45, 2.75) is 51.9 Å². The Hall–Kier alpha value is -2.31. The summed E-state index contributed by atoms with van der Waals surface area (Å²) in [5.74, 6) is 1.63. The number of amides is 1. The molecule has 0 spiro atoms. The molecule has 7 nitrogen and oxygen atoms in total. The maximum Gasteiger partial charge on any atom is 0.227 e. The predicted molar refractivity (Wildman–Crippen MR) is 87.3 cm³/mol. The number of piperidine rings is 1. The molecule has 0 N–H and O–H groups in total. The highest BCUT2D eigenvalue weighted by Crippen LogP contribution is 2.25. The molecule has 0 aromatic carbocycles. The Morgan fingerprint density at radius 2 is 2.25 bits per heavy atom. The molecule has 3 heterocycles. The summed E-state index contributed by atoms with van der Waals surface area (Å²) in [5, 5.41) is 3.86. The van der Waals surface area contributed by atoms with Crippen LogP contribution in [0.1, 0.15) is 55.2 Å². The fraction of sp³-hybridized carbons (Fsp3) is 0.588. The Morgan fingerprint density at radius 3 is 3.00 bits per heavy atom. The summed E-state index contributed by atoms with van der Waals surface area (Å²) in [6.45, 7) is 5.43. The second kappa shape index (κ2) is 7.51. The number of likely N-dealkylation sites (tertiary alicyclic amines) is 1. The van der Waals surface area contributed by atoms with Crippen LogP contribution in [0.15, 0.2) is 16.9 Å². The molecule has 0 bridgehead atoms. The first-order valence-electron chi connectivity index (χ1n) is 8.53. The van der Waals surface area contributed by atoms with Gasteiger partial charge in [0.25, 0.3) is 0 Å². The van der Waals surface area contributed by atoms with Crippen molar-refractivity contribution < 1.29 is 9.32 Å². The highest BCUT2D eigenvalue weighted by molar-refractivity contribution is 5.76. The van der Waals surface area contributed by atoms with E-state index in [1.807, 2.05) is 24.9 Å². The zero-order chi connectivity index (χ0) is 16.9. The molecule has 0 radical (unpaired) electrons. The molecular weight excluding hydrogens is 306 g/mol. The van der Waals surface area contributed by atoms with E-state index in [0.29, 0.717) is 31.1 Å². The lowest BCUT2D eigenvalue weighted by Crippen LogP contribution is -2.39. The van der Waals surface area contributed by atoms with E-state index in [-0.39, 0.29) is 11.8 Å². The van der Waals surface area contributed by atoms with Gasteiger partial charge in [-0.3, -0.25) is 14.8 Å². The van der Waals surface area contributed by atoms with Crippen LogP contribution in [0.4, 0.5) is 0 Å². The van der Waals surface area contributed by atoms with Crippen molar-refractivity contribution in [2.24, 2.45) is 0 Å². The molecule has 3 rings (SSSR count). The number of carbonyl (C=O) groups excluding carboxylic acids is 1. The molecule has 1 aliphatic heterocycles. The van der Waals surface area contributed by atoms with Crippen LogP contribution in [-0.4, -0.2) is 44.0 Å². The SMILES string of the molecule is CCc1noc(CCC(=O)N2CCC[C@H](c3cncc(C)n3)C2)n1. The molecule has 128 valence electrons. The first-order chi connectivity index (χ1) is 11.7. The second-order valence-electron chi connectivity index (χ2n) is 6.22. The fourth-order valence-electron chi connectivity index (χ4n) is 3.03. The molecule has 0 unspecified atom stereocenters. The first kappa shape index (κ1) is 16.5. The quantitative estimate of drug-likeness (QED) is 0.835. The Bertz CT molecular complexity index is 700. The lowest BCUT2D eigenvalue weighted by Gasteiger charge is -2.32. The normalized spacial score (nSPS) is 17.9. The highest BCUT2D eigenvalue weighted by Gasteiger charge is 2.26. The molecule has 1 saturated heterocycles. The van der Waals surface area contributed by atoms with Gasteiger partial charge in [0.2, 0.25) is 11.8 Å². The molecule has 24 heavy (non-hydrogen) atoms. The Morgan fingerprint density at radius 1 is 1.38 bits per heavy atom. The first-order valence-corrected chi connectivity index (χ1v) is 8.53. The maximum absolute atomic E-state index is 12.5. The Balaban J connectivity index is 1.56. The molecular formula is C17H23N5O2. The number of hydrogen-bond donors (Lipinski definition) is 0. The van der Waals surface area contributed by atoms with Crippen LogP contribution in [0.25, 0.3) is 0 Å². The molecule has 1 amide bonds. The van der Waals surface area contributed by atoms with Crippen molar-refractivity contribution in [3.8, 4) is 0 Å². The average molecular weight is 329 g/mol. The van der Waals surface area contributed by atoms with Crippen molar-refractivity contribution in [3.63, 3.8) is 0 Å². The van der Waals surface area contributed by atoms with E-state index in [1.165, 1.54) is 0 Å². The van der Waals surface area contributed by atoms with E-state index in [9.17, 15) is 4.79 Å². The number of carbonyl (C=O) groups is 1. The van der Waals surface area contributed by atoms with Gasteiger partial charge in [-0.1, -0.05) is 12.1 Å². The van der Waals surface area contributed by atoms with E-state index in [0.717, 1.165) is 37.2 Å². The summed E-state index contributed by atoms with van der Waals surface area (Å²) >= 11 is 0. The number of nitrogens with zero attached hydrogens (tertiary/aromatic N) is 5. The van der Waals surface area contributed by atoms with E-state index in [4.69, 9.17) is 4.52 Å². The molecule has 7 heteroatoms. The maximum atomic E-state index is 12.5. The van der Waals surface area contributed by atoms with Gasteiger partial charge in [0.1, 0.15) is 0 Å². The zero-order valence-corrected chi connectivity index (χ0v) is 14.2. The van der Waals surface area contributed by atoms with Crippen LogP contribution in [-0.2, 0) is 17.6 Å².